The van der Waals surface area contributed by atoms with Gasteiger partial charge in [0.05, 0.1) is 10.2 Å². The summed E-state index contributed by atoms with van der Waals surface area (Å²) in [6.45, 7) is 1.77. The van der Waals surface area contributed by atoms with Gasteiger partial charge < -0.3 is 16.0 Å². The fourth-order valence-corrected chi connectivity index (χ4v) is 2.99. The third kappa shape index (κ3) is 4.30. The predicted molar refractivity (Wildman–Crippen MR) is 97.6 cm³/mol. The molecule has 0 fully saturated rings. The van der Waals surface area contributed by atoms with Gasteiger partial charge >= 0.3 is 6.03 Å². The number of aromatic nitrogens is 1. The molecule has 25 heavy (non-hydrogen) atoms. The average molecular weight is 358 g/mol. The van der Waals surface area contributed by atoms with E-state index in [4.69, 9.17) is 0 Å². The molecule has 0 spiro atoms. The molecule has 0 unspecified atom stereocenters. The number of nitrogens with one attached hydrogen (secondary N) is 3. The summed E-state index contributed by atoms with van der Waals surface area (Å²) < 4.78 is 14.0. The molecule has 3 amide bonds. The Kier molecular flexibility index (Phi) is 4.90. The van der Waals surface area contributed by atoms with Crippen LogP contribution >= 0.6 is 11.3 Å². The van der Waals surface area contributed by atoms with E-state index in [1.807, 2.05) is 6.07 Å². The number of carbonyl (C=O) groups excluding carboxylic acids is 2. The minimum Gasteiger partial charge on any atom is -0.308 e. The Labute approximate surface area is 147 Å². The molecule has 0 aliphatic carbocycles. The molecule has 3 N–H and O–H groups in total. The molecule has 2 aromatic carbocycles. The lowest BCUT2D eigenvalue weighted by Crippen LogP contribution is -2.19. The van der Waals surface area contributed by atoms with Gasteiger partial charge in [0, 0.05) is 17.8 Å². The zero-order valence-electron chi connectivity index (χ0n) is 13.3. The number of hydrogen-bond donors (Lipinski definition) is 3. The largest absolute Gasteiger partial charge is 0.323 e. The Balaban J connectivity index is 1.70. The van der Waals surface area contributed by atoms with Gasteiger partial charge in [-0.05, 0) is 36.4 Å². The number of thiazole rings is 1. The lowest BCUT2D eigenvalue weighted by Gasteiger charge is -2.07. The van der Waals surface area contributed by atoms with Crippen LogP contribution in [-0.4, -0.2) is 16.9 Å². The molecule has 128 valence electrons. The van der Waals surface area contributed by atoms with Crippen molar-refractivity contribution >= 4 is 50.0 Å². The maximum atomic E-state index is 13.1. The first-order valence-corrected chi connectivity index (χ1v) is 8.39. The molecule has 0 bridgehead atoms. The molecule has 0 radical (unpaired) electrons. The van der Waals surface area contributed by atoms with Gasteiger partial charge in [-0.25, -0.2) is 14.2 Å². The van der Waals surface area contributed by atoms with Crippen molar-refractivity contribution in [1.29, 1.82) is 0 Å². The van der Waals surface area contributed by atoms with Gasteiger partial charge in [0.15, 0.2) is 5.13 Å². The number of amides is 3. The van der Waals surface area contributed by atoms with Crippen LogP contribution in [0.1, 0.15) is 13.3 Å². The van der Waals surface area contributed by atoms with E-state index in [0.29, 0.717) is 28.4 Å². The van der Waals surface area contributed by atoms with Crippen molar-refractivity contribution in [3.8, 4) is 0 Å². The van der Waals surface area contributed by atoms with Crippen LogP contribution in [0.5, 0.6) is 0 Å². The van der Waals surface area contributed by atoms with E-state index in [1.165, 1.54) is 29.5 Å². The molecule has 1 aromatic heterocycles. The third-order valence-corrected chi connectivity index (χ3v) is 4.25. The first-order chi connectivity index (χ1) is 12.0. The highest BCUT2D eigenvalue weighted by molar-refractivity contribution is 7.22. The van der Waals surface area contributed by atoms with Crippen LogP contribution in [0.4, 0.5) is 25.7 Å². The molecule has 3 aromatic rings. The van der Waals surface area contributed by atoms with Crippen LogP contribution in [-0.2, 0) is 4.79 Å². The summed E-state index contributed by atoms with van der Waals surface area (Å²) in [4.78, 5) is 27.8. The molecule has 0 aliphatic heterocycles. The first kappa shape index (κ1) is 16.8. The summed E-state index contributed by atoms with van der Waals surface area (Å²) >= 11 is 1.36. The van der Waals surface area contributed by atoms with Crippen molar-refractivity contribution in [3.05, 3.63) is 48.3 Å². The van der Waals surface area contributed by atoms with Crippen LogP contribution in [0.2, 0.25) is 0 Å². The first-order valence-electron chi connectivity index (χ1n) is 7.57. The zero-order valence-corrected chi connectivity index (χ0v) is 14.1. The number of urea groups is 1. The quantitative estimate of drug-likeness (QED) is 0.645. The van der Waals surface area contributed by atoms with Crippen LogP contribution < -0.4 is 16.0 Å². The van der Waals surface area contributed by atoms with Crippen molar-refractivity contribution in [2.75, 3.05) is 16.0 Å². The number of anilines is 3. The van der Waals surface area contributed by atoms with Gasteiger partial charge in [-0.15, -0.1) is 0 Å². The third-order valence-electron chi connectivity index (χ3n) is 3.30. The van der Waals surface area contributed by atoms with Gasteiger partial charge in [0.1, 0.15) is 5.82 Å². The monoisotopic (exact) mass is 358 g/mol. The van der Waals surface area contributed by atoms with Crippen LogP contribution in [0.3, 0.4) is 0 Å². The summed E-state index contributed by atoms with van der Waals surface area (Å²) in [5.74, 6) is -0.532. The molecule has 8 heteroatoms. The summed E-state index contributed by atoms with van der Waals surface area (Å²) in [7, 11) is 0. The molecule has 3 rings (SSSR count). The Morgan fingerprint density at radius 2 is 1.84 bits per heavy atom. The topological polar surface area (TPSA) is 83.1 Å². The van der Waals surface area contributed by atoms with E-state index >= 15 is 0 Å². The molecule has 0 saturated carbocycles. The number of nitrogens with zero attached hydrogens (tertiary/aromatic N) is 1. The molecular formula is C17H15FN4O2S. The zero-order chi connectivity index (χ0) is 17.8. The number of hydrogen-bond acceptors (Lipinski definition) is 4. The Morgan fingerprint density at radius 1 is 1.08 bits per heavy atom. The number of fused-ring (bicyclic) bond motifs is 1. The Morgan fingerprint density at radius 3 is 2.56 bits per heavy atom. The van der Waals surface area contributed by atoms with E-state index in [2.05, 4.69) is 20.9 Å². The fourth-order valence-electron chi connectivity index (χ4n) is 2.13. The maximum Gasteiger partial charge on any atom is 0.323 e. The SMILES string of the molecule is CCC(=O)Nc1nc2cc(NC(=O)Nc3cccc(F)c3)ccc2s1. The number of halogens is 1. The molecule has 0 atom stereocenters. The second kappa shape index (κ2) is 7.27. The van der Waals surface area contributed by atoms with Gasteiger partial charge in [0.25, 0.3) is 0 Å². The Bertz CT molecular complexity index is 941. The average Bonchev–Trinajstić information content (AvgIpc) is 2.96. The maximum absolute atomic E-state index is 13.1. The highest BCUT2D eigenvalue weighted by Gasteiger charge is 2.09. The standard InChI is InChI=1S/C17H15FN4O2S/c1-2-15(23)22-17-21-13-9-12(6-7-14(13)25-17)20-16(24)19-11-5-3-4-10(18)8-11/h3-9H,2H2,1H3,(H2,19,20,24)(H,21,22,23). The molecule has 0 saturated heterocycles. The van der Waals surface area contributed by atoms with Gasteiger partial charge in [-0.2, -0.15) is 0 Å². The summed E-state index contributed by atoms with van der Waals surface area (Å²) in [5.41, 5.74) is 1.57. The van der Waals surface area contributed by atoms with Crippen LogP contribution in [0.15, 0.2) is 42.5 Å². The number of rotatable bonds is 4. The van der Waals surface area contributed by atoms with Crippen LogP contribution in [0, 0.1) is 5.82 Å². The van der Waals surface area contributed by atoms with Crippen molar-refractivity contribution in [2.45, 2.75) is 13.3 Å². The predicted octanol–water partition coefficient (Wildman–Crippen LogP) is 4.43. The van der Waals surface area contributed by atoms with E-state index in [0.717, 1.165) is 4.70 Å². The fraction of sp³-hybridized carbons (Fsp3) is 0.118. The van der Waals surface area contributed by atoms with E-state index in [1.54, 1.807) is 25.1 Å². The second-order valence-electron chi connectivity index (χ2n) is 5.19. The molecule has 6 nitrogen and oxygen atoms in total. The van der Waals surface area contributed by atoms with Crippen molar-refractivity contribution in [3.63, 3.8) is 0 Å². The molecule has 1 heterocycles. The highest BCUT2D eigenvalue weighted by Crippen LogP contribution is 2.28. The summed E-state index contributed by atoms with van der Waals surface area (Å²) in [6, 6.07) is 10.4. The van der Waals surface area contributed by atoms with Gasteiger partial charge in [-0.3, -0.25) is 4.79 Å². The highest BCUT2D eigenvalue weighted by atomic mass is 32.1. The van der Waals surface area contributed by atoms with E-state index < -0.39 is 11.8 Å². The number of benzene rings is 2. The molecular weight excluding hydrogens is 343 g/mol. The lowest BCUT2D eigenvalue weighted by molar-refractivity contribution is -0.115. The lowest BCUT2D eigenvalue weighted by atomic mass is 10.3. The summed E-state index contributed by atoms with van der Waals surface area (Å²) in [5, 5.41) is 8.45. The normalized spacial score (nSPS) is 10.5. The van der Waals surface area contributed by atoms with Crippen molar-refractivity contribution in [1.82, 2.24) is 4.98 Å². The van der Waals surface area contributed by atoms with Crippen LogP contribution in [0.25, 0.3) is 10.2 Å². The molecule has 0 aliphatic rings. The van der Waals surface area contributed by atoms with Gasteiger partial charge in [-0.1, -0.05) is 24.3 Å². The smallest absolute Gasteiger partial charge is 0.308 e. The number of carbonyl (C=O) groups is 2. The minimum absolute atomic E-state index is 0.105. The summed E-state index contributed by atoms with van der Waals surface area (Å²) in [6.07, 6.45) is 0.378. The second-order valence-corrected chi connectivity index (χ2v) is 6.22. The van der Waals surface area contributed by atoms with E-state index in [9.17, 15) is 14.0 Å². The minimum atomic E-state index is -0.486. The van der Waals surface area contributed by atoms with E-state index in [-0.39, 0.29) is 5.91 Å². The van der Waals surface area contributed by atoms with Crippen molar-refractivity contribution < 1.29 is 14.0 Å². The Hall–Kier alpha value is -3.00. The van der Waals surface area contributed by atoms with Crippen molar-refractivity contribution in [2.24, 2.45) is 0 Å². The van der Waals surface area contributed by atoms with Gasteiger partial charge in [0.2, 0.25) is 5.91 Å².